The average molecular weight is 233 g/mol. The molecule has 4 nitrogen and oxygen atoms in total. The van der Waals surface area contributed by atoms with E-state index in [2.05, 4.69) is 4.98 Å². The SMILES string of the molecule is CN(C(=O)C1(CN)CCCC1)c1ccccn1. The van der Waals surface area contributed by atoms with Crippen molar-refractivity contribution in [1.82, 2.24) is 4.98 Å². The quantitative estimate of drug-likeness (QED) is 0.862. The molecule has 0 aliphatic heterocycles. The molecule has 0 radical (unpaired) electrons. The molecular weight excluding hydrogens is 214 g/mol. The van der Waals surface area contributed by atoms with E-state index in [1.165, 1.54) is 0 Å². The van der Waals surface area contributed by atoms with E-state index in [9.17, 15) is 4.79 Å². The molecule has 0 spiro atoms. The molecule has 0 bridgehead atoms. The monoisotopic (exact) mass is 233 g/mol. The summed E-state index contributed by atoms with van der Waals surface area (Å²) < 4.78 is 0. The van der Waals surface area contributed by atoms with Gasteiger partial charge in [0.15, 0.2) is 0 Å². The van der Waals surface area contributed by atoms with Crippen molar-refractivity contribution >= 4 is 11.7 Å². The lowest BCUT2D eigenvalue weighted by atomic mass is 9.85. The standard InChI is InChI=1S/C13H19N3O/c1-16(11-6-2-5-9-15-11)12(17)13(10-14)7-3-4-8-13/h2,5-6,9H,3-4,7-8,10,14H2,1H3. The van der Waals surface area contributed by atoms with Crippen LogP contribution in [-0.2, 0) is 4.79 Å². The van der Waals surface area contributed by atoms with Crippen LogP contribution < -0.4 is 10.6 Å². The highest BCUT2D eigenvalue weighted by Crippen LogP contribution is 2.39. The molecule has 0 atom stereocenters. The fraction of sp³-hybridized carbons (Fsp3) is 0.538. The van der Waals surface area contributed by atoms with Crippen molar-refractivity contribution < 1.29 is 4.79 Å². The molecule has 1 amide bonds. The molecule has 0 saturated heterocycles. The van der Waals surface area contributed by atoms with E-state index in [0.29, 0.717) is 12.4 Å². The summed E-state index contributed by atoms with van der Waals surface area (Å²) in [6.07, 6.45) is 5.69. The molecule has 1 aliphatic carbocycles. The molecule has 17 heavy (non-hydrogen) atoms. The first-order valence-electron chi connectivity index (χ1n) is 6.09. The van der Waals surface area contributed by atoms with Crippen LogP contribution in [0.1, 0.15) is 25.7 Å². The van der Waals surface area contributed by atoms with Crippen molar-refractivity contribution in [2.24, 2.45) is 11.1 Å². The number of amides is 1. The van der Waals surface area contributed by atoms with Gasteiger partial charge in [-0.3, -0.25) is 9.69 Å². The largest absolute Gasteiger partial charge is 0.329 e. The summed E-state index contributed by atoms with van der Waals surface area (Å²) in [4.78, 5) is 18.3. The summed E-state index contributed by atoms with van der Waals surface area (Å²) >= 11 is 0. The predicted molar refractivity (Wildman–Crippen MR) is 67.6 cm³/mol. The number of anilines is 1. The Morgan fingerprint density at radius 3 is 2.71 bits per heavy atom. The Kier molecular flexibility index (Phi) is 3.43. The van der Waals surface area contributed by atoms with Crippen molar-refractivity contribution in [3.63, 3.8) is 0 Å². The zero-order valence-electron chi connectivity index (χ0n) is 10.2. The second kappa shape index (κ2) is 4.84. The first-order valence-corrected chi connectivity index (χ1v) is 6.09. The van der Waals surface area contributed by atoms with Gasteiger partial charge in [-0.25, -0.2) is 4.98 Å². The molecular formula is C13H19N3O. The Bertz CT molecular complexity index is 385. The summed E-state index contributed by atoms with van der Waals surface area (Å²) in [5, 5.41) is 0. The van der Waals surface area contributed by atoms with E-state index in [4.69, 9.17) is 5.73 Å². The number of rotatable bonds is 3. The van der Waals surface area contributed by atoms with Crippen LogP contribution >= 0.6 is 0 Å². The Hall–Kier alpha value is -1.42. The molecule has 1 saturated carbocycles. The number of hydrogen-bond acceptors (Lipinski definition) is 3. The molecule has 92 valence electrons. The van der Waals surface area contributed by atoms with Crippen LogP contribution in [0.2, 0.25) is 0 Å². The maximum atomic E-state index is 12.5. The highest BCUT2D eigenvalue weighted by molar-refractivity contribution is 5.96. The highest BCUT2D eigenvalue weighted by Gasteiger charge is 2.41. The van der Waals surface area contributed by atoms with Gasteiger partial charge in [-0.15, -0.1) is 0 Å². The lowest BCUT2D eigenvalue weighted by Crippen LogP contribution is -2.45. The molecule has 4 heteroatoms. The maximum Gasteiger partial charge on any atom is 0.235 e. The minimum Gasteiger partial charge on any atom is -0.329 e. The Labute approximate surface area is 102 Å². The number of pyridine rings is 1. The smallest absolute Gasteiger partial charge is 0.235 e. The third-order valence-corrected chi connectivity index (χ3v) is 3.70. The van der Waals surface area contributed by atoms with Gasteiger partial charge < -0.3 is 5.73 Å². The molecule has 2 rings (SSSR count). The molecule has 2 N–H and O–H groups in total. The van der Waals surface area contributed by atoms with E-state index < -0.39 is 0 Å². The van der Waals surface area contributed by atoms with Crippen LogP contribution in [0.4, 0.5) is 5.82 Å². The Balaban J connectivity index is 2.19. The zero-order valence-corrected chi connectivity index (χ0v) is 10.2. The Morgan fingerprint density at radius 1 is 1.47 bits per heavy atom. The van der Waals surface area contributed by atoms with Gasteiger partial charge >= 0.3 is 0 Å². The fourth-order valence-electron chi connectivity index (χ4n) is 2.57. The second-order valence-electron chi connectivity index (χ2n) is 4.74. The maximum absolute atomic E-state index is 12.5. The van der Waals surface area contributed by atoms with Crippen LogP contribution in [0.5, 0.6) is 0 Å². The van der Waals surface area contributed by atoms with Crippen molar-refractivity contribution in [2.75, 3.05) is 18.5 Å². The first kappa shape index (κ1) is 12.0. The molecule has 1 heterocycles. The minimum atomic E-state index is -0.355. The zero-order chi connectivity index (χ0) is 12.3. The fourth-order valence-corrected chi connectivity index (χ4v) is 2.57. The van der Waals surface area contributed by atoms with Gasteiger partial charge in [-0.2, -0.15) is 0 Å². The average Bonchev–Trinajstić information content (AvgIpc) is 2.88. The van der Waals surface area contributed by atoms with Crippen molar-refractivity contribution in [3.8, 4) is 0 Å². The molecule has 1 fully saturated rings. The van der Waals surface area contributed by atoms with E-state index in [0.717, 1.165) is 25.7 Å². The van der Waals surface area contributed by atoms with Gasteiger partial charge in [0, 0.05) is 19.8 Å². The first-order chi connectivity index (χ1) is 8.19. The number of nitrogens with zero attached hydrogens (tertiary/aromatic N) is 2. The lowest BCUT2D eigenvalue weighted by molar-refractivity contribution is -0.127. The van der Waals surface area contributed by atoms with Crippen molar-refractivity contribution in [2.45, 2.75) is 25.7 Å². The predicted octanol–water partition coefficient (Wildman–Crippen LogP) is 1.56. The van der Waals surface area contributed by atoms with Gasteiger partial charge in [0.05, 0.1) is 5.41 Å². The van der Waals surface area contributed by atoms with Crippen LogP contribution in [-0.4, -0.2) is 24.5 Å². The second-order valence-corrected chi connectivity index (χ2v) is 4.74. The van der Waals surface area contributed by atoms with Crippen LogP contribution in [0, 0.1) is 5.41 Å². The molecule has 1 aliphatic rings. The van der Waals surface area contributed by atoms with Crippen LogP contribution in [0.15, 0.2) is 24.4 Å². The number of aromatic nitrogens is 1. The Morgan fingerprint density at radius 2 is 2.18 bits per heavy atom. The van der Waals surface area contributed by atoms with Crippen molar-refractivity contribution in [1.29, 1.82) is 0 Å². The molecule has 0 unspecified atom stereocenters. The normalized spacial score (nSPS) is 18.0. The van der Waals surface area contributed by atoms with E-state index >= 15 is 0 Å². The summed E-state index contributed by atoms with van der Waals surface area (Å²) in [7, 11) is 1.78. The highest BCUT2D eigenvalue weighted by atomic mass is 16.2. The topological polar surface area (TPSA) is 59.2 Å². The van der Waals surface area contributed by atoms with Gasteiger partial charge in [0.25, 0.3) is 0 Å². The number of nitrogens with two attached hydrogens (primary N) is 1. The van der Waals surface area contributed by atoms with E-state index in [1.54, 1.807) is 18.1 Å². The van der Waals surface area contributed by atoms with Gasteiger partial charge in [-0.1, -0.05) is 18.9 Å². The van der Waals surface area contributed by atoms with Crippen molar-refractivity contribution in [3.05, 3.63) is 24.4 Å². The van der Waals surface area contributed by atoms with Crippen LogP contribution in [0.3, 0.4) is 0 Å². The molecule has 1 aromatic rings. The lowest BCUT2D eigenvalue weighted by Gasteiger charge is -2.30. The number of carbonyl (C=O) groups is 1. The summed E-state index contributed by atoms with van der Waals surface area (Å²) in [6, 6.07) is 5.57. The summed E-state index contributed by atoms with van der Waals surface area (Å²) in [6.45, 7) is 0.434. The van der Waals surface area contributed by atoms with E-state index in [-0.39, 0.29) is 11.3 Å². The number of hydrogen-bond donors (Lipinski definition) is 1. The van der Waals surface area contributed by atoms with Gasteiger partial charge in [-0.05, 0) is 25.0 Å². The van der Waals surface area contributed by atoms with Crippen LogP contribution in [0.25, 0.3) is 0 Å². The third kappa shape index (κ3) is 2.17. The summed E-state index contributed by atoms with van der Waals surface area (Å²) in [5.41, 5.74) is 5.46. The third-order valence-electron chi connectivity index (χ3n) is 3.70. The van der Waals surface area contributed by atoms with E-state index in [1.807, 2.05) is 18.2 Å². The molecule has 1 aromatic heterocycles. The molecule has 0 aromatic carbocycles. The number of carbonyl (C=O) groups excluding carboxylic acids is 1. The van der Waals surface area contributed by atoms with Gasteiger partial charge in [0.2, 0.25) is 5.91 Å². The minimum absolute atomic E-state index is 0.108. The van der Waals surface area contributed by atoms with Gasteiger partial charge in [0.1, 0.15) is 5.82 Å². The summed E-state index contributed by atoms with van der Waals surface area (Å²) in [5.74, 6) is 0.799.